The molecule has 126 valence electrons. The first-order valence-electron chi connectivity index (χ1n) is 7.72. The Hall–Kier alpha value is -1.92. The van der Waals surface area contributed by atoms with Gasteiger partial charge in [0.1, 0.15) is 12.4 Å². The number of nitrogens with zero attached hydrogens (tertiary/aromatic N) is 2. The van der Waals surface area contributed by atoms with Crippen LogP contribution in [0.5, 0.6) is 0 Å². The summed E-state index contributed by atoms with van der Waals surface area (Å²) in [4.78, 5) is 4.37. The maximum Gasteiger partial charge on any atom is 0.135 e. The Morgan fingerprint density at radius 1 is 1.12 bits per heavy atom. The molecule has 6 heteroatoms. The van der Waals surface area contributed by atoms with E-state index in [2.05, 4.69) is 4.98 Å². The van der Waals surface area contributed by atoms with E-state index in [4.69, 9.17) is 16.3 Å². The SMILES string of the molecule is OCc1nc2ccccc2n1C[C@@H](O)COCc1ccc(Cl)cc1. The third-order valence-electron chi connectivity index (χ3n) is 3.76. The Labute approximate surface area is 145 Å². The number of rotatable bonds is 7. The van der Waals surface area contributed by atoms with Gasteiger partial charge in [0.05, 0.1) is 36.9 Å². The average molecular weight is 347 g/mol. The zero-order valence-corrected chi connectivity index (χ0v) is 13.9. The maximum absolute atomic E-state index is 10.2. The fourth-order valence-corrected chi connectivity index (χ4v) is 2.73. The second-order valence-corrected chi connectivity index (χ2v) is 6.02. The summed E-state index contributed by atoms with van der Waals surface area (Å²) in [6.07, 6.45) is -0.694. The number of aliphatic hydroxyl groups excluding tert-OH is 2. The van der Waals surface area contributed by atoms with Gasteiger partial charge >= 0.3 is 0 Å². The molecule has 2 aromatic carbocycles. The van der Waals surface area contributed by atoms with Gasteiger partial charge in [-0.3, -0.25) is 0 Å². The third-order valence-corrected chi connectivity index (χ3v) is 4.01. The van der Waals surface area contributed by atoms with E-state index in [1.807, 2.05) is 53.1 Å². The molecule has 3 rings (SSSR count). The predicted molar refractivity (Wildman–Crippen MR) is 92.8 cm³/mol. The maximum atomic E-state index is 10.2. The molecule has 0 spiro atoms. The van der Waals surface area contributed by atoms with Crippen molar-refractivity contribution in [3.05, 3.63) is 64.9 Å². The second kappa shape index (κ2) is 7.77. The molecule has 3 aromatic rings. The van der Waals surface area contributed by atoms with Crippen LogP contribution in [0.4, 0.5) is 0 Å². The molecule has 0 aliphatic heterocycles. The van der Waals surface area contributed by atoms with Gasteiger partial charge in [0.2, 0.25) is 0 Å². The Morgan fingerprint density at radius 3 is 2.62 bits per heavy atom. The normalized spacial score (nSPS) is 12.6. The van der Waals surface area contributed by atoms with Crippen LogP contribution in [0.15, 0.2) is 48.5 Å². The predicted octanol–water partition coefficient (Wildman–Crippen LogP) is 2.76. The van der Waals surface area contributed by atoms with Crippen LogP contribution in [-0.2, 0) is 24.5 Å². The van der Waals surface area contributed by atoms with Gasteiger partial charge in [-0.2, -0.15) is 0 Å². The second-order valence-electron chi connectivity index (χ2n) is 5.58. The molecule has 1 heterocycles. The molecule has 0 radical (unpaired) electrons. The van der Waals surface area contributed by atoms with E-state index in [1.54, 1.807) is 0 Å². The molecular weight excluding hydrogens is 328 g/mol. The number of ether oxygens (including phenoxy) is 1. The highest BCUT2D eigenvalue weighted by molar-refractivity contribution is 6.30. The molecule has 0 unspecified atom stereocenters. The number of hydrogen-bond donors (Lipinski definition) is 2. The number of aliphatic hydroxyl groups is 2. The van der Waals surface area contributed by atoms with Gasteiger partial charge in [0.15, 0.2) is 0 Å². The first-order chi connectivity index (χ1) is 11.7. The van der Waals surface area contributed by atoms with E-state index in [1.165, 1.54) is 0 Å². The van der Waals surface area contributed by atoms with Crippen LogP contribution in [0, 0.1) is 0 Å². The standard InChI is InChI=1S/C18H19ClN2O3/c19-14-7-5-13(6-8-14)11-24-12-15(23)9-21-17-4-2-1-3-16(17)20-18(21)10-22/h1-8,15,22-23H,9-12H2/t15-/m1/s1. The highest BCUT2D eigenvalue weighted by Crippen LogP contribution is 2.17. The molecule has 2 N–H and O–H groups in total. The topological polar surface area (TPSA) is 67.5 Å². The number of fused-ring (bicyclic) bond motifs is 1. The average Bonchev–Trinajstić information content (AvgIpc) is 2.94. The van der Waals surface area contributed by atoms with E-state index in [-0.39, 0.29) is 13.2 Å². The largest absolute Gasteiger partial charge is 0.389 e. The Kier molecular flexibility index (Phi) is 5.48. The number of benzene rings is 2. The van der Waals surface area contributed by atoms with Crippen LogP contribution in [0.3, 0.4) is 0 Å². The fraction of sp³-hybridized carbons (Fsp3) is 0.278. The number of halogens is 1. The summed E-state index contributed by atoms with van der Waals surface area (Å²) in [6.45, 7) is 0.746. The van der Waals surface area contributed by atoms with Crippen molar-refractivity contribution in [1.82, 2.24) is 9.55 Å². The van der Waals surface area contributed by atoms with Crippen molar-refractivity contribution in [2.24, 2.45) is 0 Å². The lowest BCUT2D eigenvalue weighted by Gasteiger charge is -2.14. The smallest absolute Gasteiger partial charge is 0.135 e. The van der Waals surface area contributed by atoms with Crippen LogP contribution in [0.1, 0.15) is 11.4 Å². The molecule has 5 nitrogen and oxygen atoms in total. The first kappa shape index (κ1) is 16.9. The van der Waals surface area contributed by atoms with E-state index >= 15 is 0 Å². The minimum absolute atomic E-state index is 0.174. The van der Waals surface area contributed by atoms with Crippen LogP contribution in [0.2, 0.25) is 5.02 Å². The quantitative estimate of drug-likeness (QED) is 0.690. The highest BCUT2D eigenvalue weighted by atomic mass is 35.5. The van der Waals surface area contributed by atoms with Gasteiger partial charge in [-0.1, -0.05) is 35.9 Å². The third kappa shape index (κ3) is 3.94. The first-order valence-corrected chi connectivity index (χ1v) is 8.10. The molecule has 0 amide bonds. The monoisotopic (exact) mass is 346 g/mol. The number of imidazole rings is 1. The lowest BCUT2D eigenvalue weighted by Crippen LogP contribution is -2.23. The summed E-state index contributed by atoms with van der Waals surface area (Å²) in [5.74, 6) is 0.535. The number of hydrogen-bond acceptors (Lipinski definition) is 4. The molecule has 0 saturated heterocycles. The molecule has 0 aliphatic rings. The van der Waals surface area contributed by atoms with Gasteiger partial charge < -0.3 is 19.5 Å². The van der Waals surface area contributed by atoms with E-state index in [0.29, 0.717) is 24.0 Å². The summed E-state index contributed by atoms with van der Waals surface area (Å²) < 4.78 is 7.39. The van der Waals surface area contributed by atoms with Crippen molar-refractivity contribution < 1.29 is 14.9 Å². The van der Waals surface area contributed by atoms with Crippen LogP contribution in [0.25, 0.3) is 11.0 Å². The Balaban J connectivity index is 1.60. The molecule has 0 aliphatic carbocycles. The van der Waals surface area contributed by atoms with Crippen molar-refractivity contribution in [3.8, 4) is 0 Å². The Bertz CT molecular complexity index is 802. The number of aromatic nitrogens is 2. The minimum atomic E-state index is -0.694. The van der Waals surface area contributed by atoms with E-state index < -0.39 is 6.10 Å². The molecule has 0 bridgehead atoms. The zero-order chi connectivity index (χ0) is 16.9. The van der Waals surface area contributed by atoms with Crippen molar-refractivity contribution >= 4 is 22.6 Å². The lowest BCUT2D eigenvalue weighted by molar-refractivity contribution is 0.0201. The van der Waals surface area contributed by atoms with Crippen molar-refractivity contribution in [2.45, 2.75) is 25.9 Å². The molecule has 24 heavy (non-hydrogen) atoms. The van der Waals surface area contributed by atoms with Gasteiger partial charge in [0, 0.05) is 5.02 Å². The van der Waals surface area contributed by atoms with Gasteiger partial charge in [-0.05, 0) is 29.8 Å². The molecule has 1 atom stereocenters. The molecule has 0 saturated carbocycles. The highest BCUT2D eigenvalue weighted by Gasteiger charge is 2.13. The van der Waals surface area contributed by atoms with Crippen LogP contribution < -0.4 is 0 Å². The minimum Gasteiger partial charge on any atom is -0.389 e. The zero-order valence-electron chi connectivity index (χ0n) is 13.1. The summed E-state index contributed by atoms with van der Waals surface area (Å²) in [7, 11) is 0. The van der Waals surface area contributed by atoms with Crippen molar-refractivity contribution in [2.75, 3.05) is 6.61 Å². The summed E-state index contributed by atoms with van der Waals surface area (Å²) in [5.41, 5.74) is 2.69. The fourth-order valence-electron chi connectivity index (χ4n) is 2.61. The summed E-state index contributed by atoms with van der Waals surface area (Å²) in [6, 6.07) is 15.0. The summed E-state index contributed by atoms with van der Waals surface area (Å²) >= 11 is 5.84. The summed E-state index contributed by atoms with van der Waals surface area (Å²) in [5, 5.41) is 20.4. The van der Waals surface area contributed by atoms with Crippen molar-refractivity contribution in [1.29, 1.82) is 0 Å². The van der Waals surface area contributed by atoms with Gasteiger partial charge in [0.25, 0.3) is 0 Å². The van der Waals surface area contributed by atoms with Crippen LogP contribution >= 0.6 is 11.6 Å². The van der Waals surface area contributed by atoms with Crippen LogP contribution in [-0.4, -0.2) is 32.5 Å². The van der Waals surface area contributed by atoms with Gasteiger partial charge in [-0.15, -0.1) is 0 Å². The molecule has 0 fully saturated rings. The van der Waals surface area contributed by atoms with E-state index in [9.17, 15) is 10.2 Å². The van der Waals surface area contributed by atoms with E-state index in [0.717, 1.165) is 16.6 Å². The molecule has 1 aromatic heterocycles. The van der Waals surface area contributed by atoms with Crippen molar-refractivity contribution in [3.63, 3.8) is 0 Å². The van der Waals surface area contributed by atoms with Gasteiger partial charge in [-0.25, -0.2) is 4.98 Å². The molecular formula is C18H19ClN2O3. The number of para-hydroxylation sites is 2. The lowest BCUT2D eigenvalue weighted by atomic mass is 10.2. The Morgan fingerprint density at radius 2 is 1.88 bits per heavy atom.